The number of rotatable bonds is 4. The molecular weight excluding hydrogens is 250 g/mol. The van der Waals surface area contributed by atoms with Crippen LogP contribution in [0.15, 0.2) is 22.2 Å². The maximum atomic E-state index is 11.8. The molecule has 0 bridgehead atoms. The number of fused-ring (bicyclic) bond motifs is 1. The van der Waals surface area contributed by atoms with Gasteiger partial charge in [0.05, 0.1) is 6.04 Å². The average Bonchev–Trinajstić information content (AvgIpc) is 2.73. The Morgan fingerprint density at radius 2 is 2.50 bits per heavy atom. The van der Waals surface area contributed by atoms with Crippen molar-refractivity contribution in [1.29, 1.82) is 0 Å². The standard InChI is InChI=1S/C12H17N3O2S/c1-3-8(2)14-10(16)6-9-7-18-12-13-5-4-11(17)15(9)12/h4-5,8-9H,3,6-7H2,1-2H3,(H,14,16). The molecular formula is C12H17N3O2S. The fraction of sp³-hybridized carbons (Fsp3) is 0.583. The summed E-state index contributed by atoms with van der Waals surface area (Å²) in [6.07, 6.45) is 2.77. The van der Waals surface area contributed by atoms with E-state index in [2.05, 4.69) is 10.3 Å². The third kappa shape index (κ3) is 2.75. The lowest BCUT2D eigenvalue weighted by Crippen LogP contribution is -2.35. The molecule has 6 heteroatoms. The van der Waals surface area contributed by atoms with Crippen LogP contribution in [0.25, 0.3) is 0 Å². The number of amides is 1. The fourth-order valence-corrected chi connectivity index (χ4v) is 3.01. The molecule has 0 saturated carbocycles. The van der Waals surface area contributed by atoms with Crippen molar-refractivity contribution in [3.63, 3.8) is 0 Å². The van der Waals surface area contributed by atoms with E-state index in [-0.39, 0.29) is 23.6 Å². The van der Waals surface area contributed by atoms with Gasteiger partial charge >= 0.3 is 0 Å². The molecule has 1 aliphatic rings. The van der Waals surface area contributed by atoms with Gasteiger partial charge in [-0.2, -0.15) is 0 Å². The van der Waals surface area contributed by atoms with Gasteiger partial charge in [-0.05, 0) is 13.3 Å². The first-order valence-electron chi connectivity index (χ1n) is 6.11. The van der Waals surface area contributed by atoms with Crippen LogP contribution >= 0.6 is 11.8 Å². The second-order valence-corrected chi connectivity index (χ2v) is 5.47. The number of carbonyl (C=O) groups excluding carboxylic acids is 1. The lowest BCUT2D eigenvalue weighted by Gasteiger charge is -2.15. The molecule has 1 aromatic rings. The highest BCUT2D eigenvalue weighted by Crippen LogP contribution is 2.31. The van der Waals surface area contributed by atoms with E-state index in [0.29, 0.717) is 11.6 Å². The SMILES string of the molecule is CCC(C)NC(=O)CC1CSc2nccc(=O)n21. The number of nitrogens with one attached hydrogen (secondary N) is 1. The van der Waals surface area contributed by atoms with Crippen LogP contribution in [0.1, 0.15) is 32.7 Å². The highest BCUT2D eigenvalue weighted by atomic mass is 32.2. The van der Waals surface area contributed by atoms with Crippen molar-refractivity contribution in [3.8, 4) is 0 Å². The predicted molar refractivity (Wildman–Crippen MR) is 70.8 cm³/mol. The predicted octanol–water partition coefficient (Wildman–Crippen LogP) is 1.19. The van der Waals surface area contributed by atoms with Crippen molar-refractivity contribution in [2.24, 2.45) is 0 Å². The van der Waals surface area contributed by atoms with Gasteiger partial charge < -0.3 is 5.32 Å². The smallest absolute Gasteiger partial charge is 0.254 e. The summed E-state index contributed by atoms with van der Waals surface area (Å²) in [6.45, 7) is 4.00. The van der Waals surface area contributed by atoms with E-state index in [9.17, 15) is 9.59 Å². The summed E-state index contributed by atoms with van der Waals surface area (Å²) in [5.74, 6) is 0.735. The fourth-order valence-electron chi connectivity index (χ4n) is 1.89. The Balaban J connectivity index is 2.06. The number of hydrogen-bond donors (Lipinski definition) is 1. The van der Waals surface area contributed by atoms with Gasteiger partial charge in [-0.1, -0.05) is 18.7 Å². The molecule has 2 heterocycles. The van der Waals surface area contributed by atoms with E-state index < -0.39 is 0 Å². The number of carbonyl (C=O) groups is 1. The molecule has 0 aliphatic carbocycles. The van der Waals surface area contributed by atoms with E-state index in [1.54, 1.807) is 4.57 Å². The molecule has 2 atom stereocenters. The van der Waals surface area contributed by atoms with Gasteiger partial charge in [-0.3, -0.25) is 14.2 Å². The van der Waals surface area contributed by atoms with Gasteiger partial charge in [0.1, 0.15) is 0 Å². The summed E-state index contributed by atoms with van der Waals surface area (Å²) in [5.41, 5.74) is -0.0775. The Morgan fingerprint density at radius 3 is 3.22 bits per heavy atom. The maximum Gasteiger partial charge on any atom is 0.254 e. The van der Waals surface area contributed by atoms with Crippen LogP contribution in [0.4, 0.5) is 0 Å². The van der Waals surface area contributed by atoms with Gasteiger partial charge in [-0.25, -0.2) is 4.98 Å². The molecule has 0 saturated heterocycles. The minimum atomic E-state index is -0.0775. The highest BCUT2D eigenvalue weighted by molar-refractivity contribution is 7.99. The minimum Gasteiger partial charge on any atom is -0.354 e. The Hall–Kier alpha value is -1.30. The van der Waals surface area contributed by atoms with Crippen LogP contribution in [-0.2, 0) is 4.79 Å². The highest BCUT2D eigenvalue weighted by Gasteiger charge is 2.26. The maximum absolute atomic E-state index is 11.8. The van der Waals surface area contributed by atoms with Crippen LogP contribution in [-0.4, -0.2) is 27.3 Å². The first-order chi connectivity index (χ1) is 8.61. The van der Waals surface area contributed by atoms with Gasteiger partial charge in [0.15, 0.2) is 5.16 Å². The van der Waals surface area contributed by atoms with Crippen LogP contribution < -0.4 is 10.9 Å². The number of nitrogens with zero attached hydrogens (tertiary/aromatic N) is 2. The topological polar surface area (TPSA) is 64.0 Å². The molecule has 1 amide bonds. The molecule has 0 spiro atoms. The molecule has 0 aromatic carbocycles. The molecule has 1 aromatic heterocycles. The first-order valence-corrected chi connectivity index (χ1v) is 7.10. The number of hydrogen-bond acceptors (Lipinski definition) is 4. The zero-order valence-electron chi connectivity index (χ0n) is 10.5. The molecule has 1 N–H and O–H groups in total. The lowest BCUT2D eigenvalue weighted by molar-refractivity contribution is -0.122. The van der Waals surface area contributed by atoms with Crippen molar-refractivity contribution in [2.45, 2.75) is 43.9 Å². The number of aromatic nitrogens is 2. The largest absolute Gasteiger partial charge is 0.354 e. The monoisotopic (exact) mass is 267 g/mol. The first kappa shape index (κ1) is 13.1. The second kappa shape index (κ2) is 5.56. The lowest BCUT2D eigenvalue weighted by atomic mass is 10.2. The van der Waals surface area contributed by atoms with Crippen LogP contribution in [0, 0.1) is 0 Å². The summed E-state index contributed by atoms with van der Waals surface area (Å²) in [6, 6.07) is 1.54. The summed E-state index contributed by atoms with van der Waals surface area (Å²) in [7, 11) is 0. The van der Waals surface area contributed by atoms with Gasteiger partial charge in [-0.15, -0.1) is 0 Å². The summed E-state index contributed by atoms with van der Waals surface area (Å²) in [4.78, 5) is 27.7. The van der Waals surface area contributed by atoms with Crippen LogP contribution in [0.3, 0.4) is 0 Å². The summed E-state index contributed by atoms with van der Waals surface area (Å²) < 4.78 is 1.63. The zero-order chi connectivity index (χ0) is 13.1. The van der Waals surface area contributed by atoms with Gasteiger partial charge in [0.2, 0.25) is 5.91 Å². The minimum absolute atomic E-state index is 0.00134. The number of thioether (sulfide) groups is 1. The summed E-state index contributed by atoms with van der Waals surface area (Å²) >= 11 is 1.53. The quantitative estimate of drug-likeness (QED) is 0.832. The van der Waals surface area contributed by atoms with E-state index in [1.807, 2.05) is 13.8 Å². The summed E-state index contributed by atoms with van der Waals surface area (Å²) in [5, 5.41) is 3.63. The third-order valence-corrected chi connectivity index (χ3v) is 4.17. The molecule has 18 heavy (non-hydrogen) atoms. The molecule has 0 radical (unpaired) electrons. The molecule has 98 valence electrons. The van der Waals surface area contributed by atoms with Crippen LogP contribution in [0.2, 0.25) is 0 Å². The van der Waals surface area contributed by atoms with E-state index in [1.165, 1.54) is 24.0 Å². The van der Waals surface area contributed by atoms with Crippen molar-refractivity contribution < 1.29 is 4.79 Å². The molecule has 5 nitrogen and oxygen atoms in total. The van der Waals surface area contributed by atoms with Gasteiger partial charge in [0.25, 0.3) is 5.56 Å². The van der Waals surface area contributed by atoms with Crippen molar-refractivity contribution in [1.82, 2.24) is 14.9 Å². The molecule has 2 rings (SSSR count). The molecule has 0 fully saturated rings. The zero-order valence-corrected chi connectivity index (χ0v) is 11.4. The molecule has 2 unspecified atom stereocenters. The Morgan fingerprint density at radius 1 is 1.72 bits per heavy atom. The second-order valence-electron chi connectivity index (χ2n) is 4.48. The van der Waals surface area contributed by atoms with E-state index in [0.717, 1.165) is 12.2 Å². The van der Waals surface area contributed by atoms with E-state index in [4.69, 9.17) is 0 Å². The Labute approximate surface area is 110 Å². The van der Waals surface area contributed by atoms with Gasteiger partial charge in [0, 0.05) is 30.5 Å². The van der Waals surface area contributed by atoms with Crippen molar-refractivity contribution >= 4 is 17.7 Å². The third-order valence-electron chi connectivity index (χ3n) is 3.06. The normalized spacial score (nSPS) is 19.3. The van der Waals surface area contributed by atoms with Crippen molar-refractivity contribution in [2.75, 3.05) is 5.75 Å². The van der Waals surface area contributed by atoms with Crippen LogP contribution in [0.5, 0.6) is 0 Å². The van der Waals surface area contributed by atoms with Crippen molar-refractivity contribution in [3.05, 3.63) is 22.6 Å². The Kier molecular flexibility index (Phi) is 4.06. The molecule has 1 aliphatic heterocycles. The average molecular weight is 267 g/mol. The Bertz CT molecular complexity index is 500. The van der Waals surface area contributed by atoms with E-state index >= 15 is 0 Å².